The number of guanidine groups is 1. The van der Waals surface area contributed by atoms with Crippen LogP contribution in [0.25, 0.3) is 0 Å². The maximum Gasteiger partial charge on any atom is 0.225 e. The predicted molar refractivity (Wildman–Crippen MR) is 86.5 cm³/mol. The van der Waals surface area contributed by atoms with Gasteiger partial charge in [-0.05, 0) is 30.7 Å². The van der Waals surface area contributed by atoms with Gasteiger partial charge < -0.3 is 16.0 Å². The van der Waals surface area contributed by atoms with Crippen LogP contribution >= 0.6 is 0 Å². The molecule has 110 valence electrons. The minimum absolute atomic E-state index is 0.366. The van der Waals surface area contributed by atoms with Crippen LogP contribution in [-0.4, -0.2) is 30.0 Å². The van der Waals surface area contributed by atoms with Crippen molar-refractivity contribution in [2.45, 2.75) is 13.5 Å². The third-order valence-electron chi connectivity index (χ3n) is 2.80. The van der Waals surface area contributed by atoms with Gasteiger partial charge in [-0.1, -0.05) is 12.1 Å². The first kappa shape index (κ1) is 14.8. The summed E-state index contributed by atoms with van der Waals surface area (Å²) >= 11 is 0. The largest absolute Gasteiger partial charge is 0.370 e. The quantitative estimate of drug-likeness (QED) is 0.661. The van der Waals surface area contributed by atoms with Crippen LogP contribution in [0, 0.1) is 6.92 Å². The van der Waals surface area contributed by atoms with E-state index in [2.05, 4.69) is 20.3 Å². The first-order chi connectivity index (χ1) is 10.0. The Morgan fingerprint density at radius 1 is 1.33 bits per heavy atom. The maximum atomic E-state index is 5.89. The monoisotopic (exact) mass is 284 g/mol. The first-order valence-electron chi connectivity index (χ1n) is 6.67. The summed E-state index contributed by atoms with van der Waals surface area (Å²) in [6.07, 6.45) is 1.72. The van der Waals surface area contributed by atoms with E-state index in [9.17, 15) is 0 Å². The SMILES string of the molecule is Cc1cccc(NC(N)=NCc2ccnc(N(C)C)n2)c1. The Labute approximate surface area is 124 Å². The molecule has 6 nitrogen and oxygen atoms in total. The van der Waals surface area contributed by atoms with Gasteiger partial charge in [0.25, 0.3) is 0 Å². The third kappa shape index (κ3) is 4.45. The predicted octanol–water partition coefficient (Wildman–Crippen LogP) is 1.78. The van der Waals surface area contributed by atoms with Crippen molar-refractivity contribution in [1.82, 2.24) is 9.97 Å². The highest BCUT2D eigenvalue weighted by atomic mass is 15.2. The van der Waals surface area contributed by atoms with Crippen LogP contribution in [-0.2, 0) is 6.54 Å². The fourth-order valence-corrected chi connectivity index (χ4v) is 1.76. The number of benzene rings is 1. The summed E-state index contributed by atoms with van der Waals surface area (Å²) in [7, 11) is 3.80. The molecule has 1 aromatic carbocycles. The molecule has 0 saturated carbocycles. The molecule has 0 saturated heterocycles. The molecule has 2 aromatic rings. The van der Waals surface area contributed by atoms with Crippen LogP contribution in [0.4, 0.5) is 11.6 Å². The second kappa shape index (κ2) is 6.69. The van der Waals surface area contributed by atoms with Crippen molar-refractivity contribution in [1.29, 1.82) is 0 Å². The van der Waals surface area contributed by atoms with Crippen LogP contribution in [0.5, 0.6) is 0 Å². The molecule has 1 aromatic heterocycles. The maximum absolute atomic E-state index is 5.89. The molecule has 2 rings (SSSR count). The van der Waals surface area contributed by atoms with E-state index in [1.165, 1.54) is 5.56 Å². The molecule has 1 heterocycles. The molecule has 6 heteroatoms. The van der Waals surface area contributed by atoms with Gasteiger partial charge in [-0.15, -0.1) is 0 Å². The number of anilines is 2. The third-order valence-corrected chi connectivity index (χ3v) is 2.80. The summed E-state index contributed by atoms with van der Waals surface area (Å²) < 4.78 is 0. The van der Waals surface area contributed by atoms with E-state index in [4.69, 9.17) is 5.73 Å². The number of nitrogens with one attached hydrogen (secondary N) is 1. The smallest absolute Gasteiger partial charge is 0.225 e. The van der Waals surface area contributed by atoms with Crippen molar-refractivity contribution in [2.24, 2.45) is 10.7 Å². The molecular weight excluding hydrogens is 264 g/mol. The lowest BCUT2D eigenvalue weighted by Crippen LogP contribution is -2.22. The average Bonchev–Trinajstić information content (AvgIpc) is 2.45. The molecule has 0 fully saturated rings. The molecule has 0 radical (unpaired) electrons. The number of hydrogen-bond donors (Lipinski definition) is 2. The van der Waals surface area contributed by atoms with Crippen molar-refractivity contribution in [3.63, 3.8) is 0 Å². The summed E-state index contributed by atoms with van der Waals surface area (Å²) in [5.74, 6) is 1.03. The Kier molecular flexibility index (Phi) is 4.71. The van der Waals surface area contributed by atoms with Crippen molar-refractivity contribution in [3.8, 4) is 0 Å². The Bertz CT molecular complexity index is 636. The molecule has 0 unspecified atom stereocenters. The van der Waals surface area contributed by atoms with E-state index in [0.29, 0.717) is 18.5 Å². The van der Waals surface area contributed by atoms with Gasteiger partial charge in [-0.25, -0.2) is 15.0 Å². The summed E-state index contributed by atoms with van der Waals surface area (Å²) in [6.45, 7) is 2.44. The Morgan fingerprint density at radius 2 is 2.14 bits per heavy atom. The second-order valence-corrected chi connectivity index (χ2v) is 4.94. The standard InChI is InChI=1S/C15H20N6/c1-11-5-4-6-12(9-11)19-14(16)18-10-13-7-8-17-15(20-13)21(2)3/h4-9H,10H2,1-3H3,(H3,16,18,19). The summed E-state index contributed by atoms with van der Waals surface area (Å²) in [6, 6.07) is 9.79. The number of rotatable bonds is 4. The lowest BCUT2D eigenvalue weighted by atomic mass is 10.2. The lowest BCUT2D eigenvalue weighted by molar-refractivity contribution is 0.921. The molecule has 0 aliphatic heterocycles. The molecule has 0 aliphatic rings. The topological polar surface area (TPSA) is 79.4 Å². The van der Waals surface area contributed by atoms with E-state index < -0.39 is 0 Å². The molecule has 0 bridgehead atoms. The highest BCUT2D eigenvalue weighted by Gasteiger charge is 2.01. The van der Waals surface area contributed by atoms with Crippen LogP contribution in [0.3, 0.4) is 0 Å². The minimum Gasteiger partial charge on any atom is -0.370 e. The second-order valence-electron chi connectivity index (χ2n) is 4.94. The minimum atomic E-state index is 0.366. The highest BCUT2D eigenvalue weighted by Crippen LogP contribution is 2.09. The van der Waals surface area contributed by atoms with E-state index in [1.807, 2.05) is 56.3 Å². The fourth-order valence-electron chi connectivity index (χ4n) is 1.76. The van der Waals surface area contributed by atoms with E-state index >= 15 is 0 Å². The van der Waals surface area contributed by atoms with Gasteiger partial charge in [0.1, 0.15) is 0 Å². The fraction of sp³-hybridized carbons (Fsp3) is 0.267. The number of nitrogens with two attached hydrogens (primary N) is 1. The van der Waals surface area contributed by atoms with Gasteiger partial charge in [0.2, 0.25) is 5.95 Å². The van der Waals surface area contributed by atoms with Gasteiger partial charge in [-0.3, -0.25) is 0 Å². The molecule has 3 N–H and O–H groups in total. The van der Waals surface area contributed by atoms with Gasteiger partial charge in [0.05, 0.1) is 12.2 Å². The molecule has 0 amide bonds. The normalized spacial score (nSPS) is 11.3. The van der Waals surface area contributed by atoms with Gasteiger partial charge >= 0.3 is 0 Å². The van der Waals surface area contributed by atoms with Crippen LogP contribution in [0.2, 0.25) is 0 Å². The zero-order valence-electron chi connectivity index (χ0n) is 12.5. The summed E-state index contributed by atoms with van der Waals surface area (Å²) in [5.41, 5.74) is 8.80. The Morgan fingerprint density at radius 3 is 2.86 bits per heavy atom. The van der Waals surface area contributed by atoms with Gasteiger partial charge in [-0.2, -0.15) is 0 Å². The van der Waals surface area contributed by atoms with Crippen LogP contribution in [0.1, 0.15) is 11.3 Å². The first-order valence-corrected chi connectivity index (χ1v) is 6.67. The number of hydrogen-bond acceptors (Lipinski definition) is 4. The zero-order chi connectivity index (χ0) is 15.2. The van der Waals surface area contributed by atoms with E-state index in [1.54, 1.807) is 6.20 Å². The molecule has 21 heavy (non-hydrogen) atoms. The van der Waals surface area contributed by atoms with Crippen molar-refractivity contribution in [2.75, 3.05) is 24.3 Å². The number of aromatic nitrogens is 2. The van der Waals surface area contributed by atoms with Crippen molar-refractivity contribution < 1.29 is 0 Å². The zero-order valence-corrected chi connectivity index (χ0v) is 12.5. The van der Waals surface area contributed by atoms with Crippen molar-refractivity contribution >= 4 is 17.6 Å². The van der Waals surface area contributed by atoms with E-state index in [0.717, 1.165) is 11.4 Å². The average molecular weight is 284 g/mol. The molecule has 0 aliphatic carbocycles. The summed E-state index contributed by atoms with van der Waals surface area (Å²) in [5, 5.41) is 3.06. The highest BCUT2D eigenvalue weighted by molar-refractivity contribution is 5.92. The summed E-state index contributed by atoms with van der Waals surface area (Å²) in [4.78, 5) is 14.7. The Hall–Kier alpha value is -2.63. The Balaban J connectivity index is 2.01. The van der Waals surface area contributed by atoms with Crippen LogP contribution < -0.4 is 16.0 Å². The molecule has 0 atom stereocenters. The lowest BCUT2D eigenvalue weighted by Gasteiger charge is -2.10. The van der Waals surface area contributed by atoms with Gasteiger partial charge in [0.15, 0.2) is 5.96 Å². The number of aryl methyl sites for hydroxylation is 1. The molecular formula is C15H20N6. The number of nitrogens with zero attached hydrogens (tertiary/aromatic N) is 4. The number of aliphatic imine (C=N–C) groups is 1. The van der Waals surface area contributed by atoms with Crippen molar-refractivity contribution in [3.05, 3.63) is 47.8 Å². The van der Waals surface area contributed by atoms with Gasteiger partial charge in [0, 0.05) is 26.0 Å². The molecule has 0 spiro atoms. The van der Waals surface area contributed by atoms with Crippen LogP contribution in [0.15, 0.2) is 41.5 Å². The van der Waals surface area contributed by atoms with E-state index in [-0.39, 0.29) is 0 Å².